The lowest BCUT2D eigenvalue weighted by Crippen LogP contribution is -2.22. The van der Waals surface area contributed by atoms with Gasteiger partial charge in [-0.3, -0.25) is 9.78 Å². The average molecular weight is 334 g/mol. The number of carbonyl (C=O) groups is 1. The van der Waals surface area contributed by atoms with E-state index in [4.69, 9.17) is 0 Å². The highest BCUT2D eigenvalue weighted by atomic mass is 79.9. The fraction of sp³-hybridized carbons (Fsp3) is 0.200. The Morgan fingerprint density at radius 2 is 2.00 bits per heavy atom. The molecule has 0 unspecified atom stereocenters. The predicted octanol–water partition coefficient (Wildman–Crippen LogP) is 3.21. The van der Waals surface area contributed by atoms with Crippen LogP contribution >= 0.6 is 15.9 Å². The highest BCUT2D eigenvalue weighted by Crippen LogP contribution is 2.14. The van der Waals surface area contributed by atoms with Crippen LogP contribution in [0.25, 0.3) is 0 Å². The first kappa shape index (κ1) is 14.5. The first-order chi connectivity index (χ1) is 9.69. The summed E-state index contributed by atoms with van der Waals surface area (Å²) >= 11 is 3.38. The van der Waals surface area contributed by atoms with Gasteiger partial charge in [-0.15, -0.1) is 0 Å². The summed E-state index contributed by atoms with van der Waals surface area (Å²) < 4.78 is 0.939. The molecule has 0 saturated carbocycles. The number of anilines is 1. The molecule has 0 saturated heterocycles. The fourth-order valence-electron chi connectivity index (χ4n) is 1.75. The lowest BCUT2D eigenvalue weighted by Gasteiger charge is -2.07. The molecule has 1 heterocycles. The van der Waals surface area contributed by atoms with E-state index in [9.17, 15) is 4.79 Å². The van der Waals surface area contributed by atoms with Crippen LogP contribution in [0.3, 0.4) is 0 Å². The van der Waals surface area contributed by atoms with E-state index in [0.29, 0.717) is 18.7 Å². The zero-order chi connectivity index (χ0) is 14.4. The zero-order valence-electron chi connectivity index (χ0n) is 11.2. The van der Waals surface area contributed by atoms with Crippen molar-refractivity contribution in [3.05, 3.63) is 58.3 Å². The SMILES string of the molecule is CCNC(=O)c1ccc(CNc2cncc(Br)c2)cc1. The summed E-state index contributed by atoms with van der Waals surface area (Å²) in [5.74, 6) is -0.0387. The van der Waals surface area contributed by atoms with Crippen molar-refractivity contribution >= 4 is 27.5 Å². The highest BCUT2D eigenvalue weighted by molar-refractivity contribution is 9.10. The van der Waals surface area contributed by atoms with Crippen molar-refractivity contribution in [3.63, 3.8) is 0 Å². The Kier molecular flexibility index (Phi) is 5.12. The van der Waals surface area contributed by atoms with Gasteiger partial charge < -0.3 is 10.6 Å². The minimum Gasteiger partial charge on any atom is -0.380 e. The van der Waals surface area contributed by atoms with Crippen molar-refractivity contribution in [2.75, 3.05) is 11.9 Å². The summed E-state index contributed by atoms with van der Waals surface area (Å²) in [6, 6.07) is 9.53. The molecule has 1 aromatic carbocycles. The van der Waals surface area contributed by atoms with Gasteiger partial charge in [0.25, 0.3) is 5.91 Å². The third-order valence-corrected chi connectivity index (χ3v) is 3.19. The van der Waals surface area contributed by atoms with E-state index < -0.39 is 0 Å². The molecule has 0 fully saturated rings. The molecular formula is C15H16BrN3O. The van der Waals surface area contributed by atoms with Crippen LogP contribution in [0, 0.1) is 0 Å². The summed E-state index contributed by atoms with van der Waals surface area (Å²) in [5.41, 5.74) is 2.74. The second-order valence-corrected chi connectivity index (χ2v) is 5.22. The Balaban J connectivity index is 1.95. The molecule has 2 N–H and O–H groups in total. The number of rotatable bonds is 5. The van der Waals surface area contributed by atoms with Gasteiger partial charge in [0.15, 0.2) is 0 Å². The van der Waals surface area contributed by atoms with Crippen LogP contribution < -0.4 is 10.6 Å². The first-order valence-electron chi connectivity index (χ1n) is 6.40. The van der Waals surface area contributed by atoms with E-state index >= 15 is 0 Å². The molecule has 104 valence electrons. The van der Waals surface area contributed by atoms with Crippen LogP contribution in [-0.2, 0) is 6.54 Å². The second kappa shape index (κ2) is 7.05. The summed E-state index contributed by atoms with van der Waals surface area (Å²) in [7, 11) is 0. The van der Waals surface area contributed by atoms with Gasteiger partial charge in [0.1, 0.15) is 0 Å². The van der Waals surface area contributed by atoms with Crippen LogP contribution in [-0.4, -0.2) is 17.4 Å². The molecule has 1 aromatic heterocycles. The number of hydrogen-bond donors (Lipinski definition) is 2. The molecule has 2 aromatic rings. The molecule has 0 atom stereocenters. The van der Waals surface area contributed by atoms with Crippen LogP contribution in [0.1, 0.15) is 22.8 Å². The smallest absolute Gasteiger partial charge is 0.251 e. The minimum absolute atomic E-state index is 0.0387. The van der Waals surface area contributed by atoms with Gasteiger partial charge in [-0.1, -0.05) is 12.1 Å². The van der Waals surface area contributed by atoms with Gasteiger partial charge in [0.2, 0.25) is 0 Å². The highest BCUT2D eigenvalue weighted by Gasteiger charge is 2.03. The maximum atomic E-state index is 11.6. The Hall–Kier alpha value is -1.88. The number of nitrogens with zero attached hydrogens (tertiary/aromatic N) is 1. The van der Waals surface area contributed by atoms with Gasteiger partial charge in [0, 0.05) is 29.3 Å². The van der Waals surface area contributed by atoms with E-state index in [1.165, 1.54) is 0 Å². The van der Waals surface area contributed by atoms with E-state index in [1.54, 1.807) is 12.4 Å². The Bertz CT molecular complexity index is 584. The maximum Gasteiger partial charge on any atom is 0.251 e. The van der Waals surface area contributed by atoms with Crippen molar-refractivity contribution in [2.45, 2.75) is 13.5 Å². The molecule has 0 aliphatic heterocycles. The maximum absolute atomic E-state index is 11.6. The third-order valence-electron chi connectivity index (χ3n) is 2.75. The van der Waals surface area contributed by atoms with Gasteiger partial charge in [-0.25, -0.2) is 0 Å². The molecule has 2 rings (SSSR count). The number of benzene rings is 1. The molecule has 0 radical (unpaired) electrons. The predicted molar refractivity (Wildman–Crippen MR) is 83.7 cm³/mol. The second-order valence-electron chi connectivity index (χ2n) is 4.30. The summed E-state index contributed by atoms with van der Waals surface area (Å²) in [6.45, 7) is 3.23. The molecule has 5 heteroatoms. The van der Waals surface area contributed by atoms with Crippen LogP contribution in [0.4, 0.5) is 5.69 Å². The number of nitrogens with one attached hydrogen (secondary N) is 2. The minimum atomic E-state index is -0.0387. The number of aromatic nitrogens is 1. The molecular weight excluding hydrogens is 318 g/mol. The molecule has 4 nitrogen and oxygen atoms in total. The fourth-order valence-corrected chi connectivity index (χ4v) is 2.11. The van der Waals surface area contributed by atoms with Crippen molar-refractivity contribution in [3.8, 4) is 0 Å². The van der Waals surface area contributed by atoms with Gasteiger partial charge >= 0.3 is 0 Å². The normalized spacial score (nSPS) is 10.1. The van der Waals surface area contributed by atoms with E-state index in [1.807, 2.05) is 37.3 Å². The van der Waals surface area contributed by atoms with E-state index in [-0.39, 0.29) is 5.91 Å². The van der Waals surface area contributed by atoms with Crippen molar-refractivity contribution in [2.24, 2.45) is 0 Å². The number of amides is 1. The van der Waals surface area contributed by atoms with Crippen LogP contribution in [0.15, 0.2) is 47.2 Å². The van der Waals surface area contributed by atoms with Crippen molar-refractivity contribution in [1.82, 2.24) is 10.3 Å². The average Bonchev–Trinajstić information content (AvgIpc) is 2.46. The monoisotopic (exact) mass is 333 g/mol. The van der Waals surface area contributed by atoms with Crippen LogP contribution in [0.2, 0.25) is 0 Å². The Labute approximate surface area is 126 Å². The number of hydrogen-bond acceptors (Lipinski definition) is 3. The number of pyridine rings is 1. The number of carbonyl (C=O) groups excluding carboxylic acids is 1. The van der Waals surface area contributed by atoms with E-state index in [0.717, 1.165) is 15.7 Å². The summed E-state index contributed by atoms with van der Waals surface area (Å²) in [5, 5.41) is 6.06. The summed E-state index contributed by atoms with van der Waals surface area (Å²) in [4.78, 5) is 15.7. The van der Waals surface area contributed by atoms with E-state index in [2.05, 4.69) is 31.5 Å². The number of halogens is 1. The quantitative estimate of drug-likeness (QED) is 0.883. The Morgan fingerprint density at radius 1 is 1.25 bits per heavy atom. The topological polar surface area (TPSA) is 54.0 Å². The molecule has 1 amide bonds. The largest absolute Gasteiger partial charge is 0.380 e. The molecule has 0 spiro atoms. The lowest BCUT2D eigenvalue weighted by molar-refractivity contribution is 0.0956. The first-order valence-corrected chi connectivity index (χ1v) is 7.20. The van der Waals surface area contributed by atoms with Gasteiger partial charge in [0.05, 0.1) is 11.9 Å². The molecule has 20 heavy (non-hydrogen) atoms. The van der Waals surface area contributed by atoms with Gasteiger partial charge in [-0.05, 0) is 46.6 Å². The van der Waals surface area contributed by atoms with Gasteiger partial charge in [-0.2, -0.15) is 0 Å². The van der Waals surface area contributed by atoms with Crippen LogP contribution in [0.5, 0.6) is 0 Å². The summed E-state index contributed by atoms with van der Waals surface area (Å²) in [6.07, 6.45) is 3.51. The lowest BCUT2D eigenvalue weighted by atomic mass is 10.1. The Morgan fingerprint density at radius 3 is 2.65 bits per heavy atom. The van der Waals surface area contributed by atoms with Crippen molar-refractivity contribution in [1.29, 1.82) is 0 Å². The molecule has 0 aliphatic rings. The standard InChI is InChI=1S/C15H16BrN3O/c1-2-18-15(20)12-5-3-11(4-6-12)8-19-14-7-13(16)9-17-10-14/h3-7,9-10,19H,2,8H2,1H3,(H,18,20). The third kappa shape index (κ3) is 4.06. The zero-order valence-corrected chi connectivity index (χ0v) is 12.8. The van der Waals surface area contributed by atoms with Crippen molar-refractivity contribution < 1.29 is 4.79 Å². The molecule has 0 aliphatic carbocycles. The molecule has 0 bridgehead atoms.